The molecule has 0 saturated carbocycles. The Morgan fingerprint density at radius 2 is 1.80 bits per heavy atom. The molecule has 0 saturated heterocycles. The van der Waals surface area contributed by atoms with Gasteiger partial charge in [-0.05, 0) is 32.0 Å². The number of hydrogen-bond donors (Lipinski definition) is 1. The summed E-state index contributed by atoms with van der Waals surface area (Å²) in [4.78, 5) is 0. The molecule has 136 valence electrons. The quantitative estimate of drug-likeness (QED) is 0.625. The monoisotopic (exact) mass is 347 g/mol. The molecule has 0 unspecified atom stereocenters. The summed E-state index contributed by atoms with van der Waals surface area (Å²) in [7, 11) is 1.69. The number of benzene rings is 2. The SMILES string of the molecule is CCOc1cccc(CNCCCOC)c1OCc1ccccc1F. The lowest BCUT2D eigenvalue weighted by molar-refractivity contribution is 0.194. The largest absolute Gasteiger partial charge is 0.490 e. The van der Waals surface area contributed by atoms with Gasteiger partial charge in [0.05, 0.1) is 6.61 Å². The summed E-state index contributed by atoms with van der Waals surface area (Å²) in [5.74, 6) is 1.07. The Balaban J connectivity index is 2.08. The molecule has 2 aromatic carbocycles. The highest BCUT2D eigenvalue weighted by Crippen LogP contribution is 2.32. The minimum absolute atomic E-state index is 0.160. The molecular weight excluding hydrogens is 321 g/mol. The molecular formula is C20H26FNO3. The van der Waals surface area contributed by atoms with Gasteiger partial charge < -0.3 is 19.5 Å². The van der Waals surface area contributed by atoms with Crippen molar-refractivity contribution in [3.8, 4) is 11.5 Å². The van der Waals surface area contributed by atoms with Gasteiger partial charge in [-0.2, -0.15) is 0 Å². The van der Waals surface area contributed by atoms with Crippen LogP contribution in [0.4, 0.5) is 4.39 Å². The molecule has 2 rings (SSSR count). The molecule has 0 radical (unpaired) electrons. The highest BCUT2D eigenvalue weighted by molar-refractivity contribution is 5.46. The number of rotatable bonds is 11. The fourth-order valence-electron chi connectivity index (χ4n) is 2.46. The van der Waals surface area contributed by atoms with E-state index in [0.717, 1.165) is 25.1 Å². The van der Waals surface area contributed by atoms with Gasteiger partial charge >= 0.3 is 0 Å². The van der Waals surface area contributed by atoms with Gasteiger partial charge in [0.15, 0.2) is 11.5 Å². The zero-order valence-electron chi connectivity index (χ0n) is 14.9. The fourth-order valence-corrected chi connectivity index (χ4v) is 2.46. The number of nitrogens with one attached hydrogen (secondary N) is 1. The number of methoxy groups -OCH3 is 1. The second-order valence-corrected chi connectivity index (χ2v) is 5.58. The Labute approximate surface area is 148 Å². The van der Waals surface area contributed by atoms with E-state index in [4.69, 9.17) is 14.2 Å². The first-order valence-electron chi connectivity index (χ1n) is 8.56. The van der Waals surface area contributed by atoms with Crippen LogP contribution in [0, 0.1) is 5.82 Å². The van der Waals surface area contributed by atoms with Gasteiger partial charge in [0.1, 0.15) is 12.4 Å². The average Bonchev–Trinajstić information content (AvgIpc) is 2.62. The molecule has 5 heteroatoms. The summed E-state index contributed by atoms with van der Waals surface area (Å²) in [6.07, 6.45) is 0.938. The molecule has 0 amide bonds. The molecule has 0 aliphatic carbocycles. The van der Waals surface area contributed by atoms with Gasteiger partial charge in [-0.25, -0.2) is 4.39 Å². The van der Waals surface area contributed by atoms with Gasteiger partial charge in [0, 0.05) is 31.4 Å². The van der Waals surface area contributed by atoms with Crippen LogP contribution < -0.4 is 14.8 Å². The maximum absolute atomic E-state index is 13.8. The van der Waals surface area contributed by atoms with Crippen LogP contribution in [0.1, 0.15) is 24.5 Å². The van der Waals surface area contributed by atoms with E-state index in [1.807, 2.05) is 25.1 Å². The lowest BCUT2D eigenvalue weighted by atomic mass is 10.1. The van der Waals surface area contributed by atoms with Crippen molar-refractivity contribution >= 4 is 0 Å². The summed E-state index contributed by atoms with van der Waals surface area (Å²) in [6.45, 7) is 4.85. The van der Waals surface area contributed by atoms with Crippen LogP contribution in [0.15, 0.2) is 42.5 Å². The summed E-state index contributed by atoms with van der Waals surface area (Å²) < 4.78 is 30.5. The van der Waals surface area contributed by atoms with Gasteiger partial charge in [0.2, 0.25) is 0 Å². The van der Waals surface area contributed by atoms with E-state index in [0.29, 0.717) is 30.2 Å². The van der Waals surface area contributed by atoms with E-state index >= 15 is 0 Å². The Morgan fingerprint density at radius 1 is 1.00 bits per heavy atom. The van der Waals surface area contributed by atoms with Gasteiger partial charge in [-0.15, -0.1) is 0 Å². The number of hydrogen-bond acceptors (Lipinski definition) is 4. The average molecular weight is 347 g/mol. The topological polar surface area (TPSA) is 39.7 Å². The van der Waals surface area contributed by atoms with E-state index in [9.17, 15) is 4.39 Å². The Kier molecular flexibility index (Phi) is 8.22. The van der Waals surface area contributed by atoms with E-state index in [1.54, 1.807) is 25.3 Å². The van der Waals surface area contributed by atoms with Crippen LogP contribution in [0.5, 0.6) is 11.5 Å². The van der Waals surface area contributed by atoms with Crippen molar-refractivity contribution in [3.63, 3.8) is 0 Å². The van der Waals surface area contributed by atoms with Crippen molar-refractivity contribution in [3.05, 3.63) is 59.4 Å². The Hall–Kier alpha value is -2.11. The lowest BCUT2D eigenvalue weighted by Crippen LogP contribution is -2.17. The van der Waals surface area contributed by atoms with Crippen LogP contribution in [0.3, 0.4) is 0 Å². The number of para-hydroxylation sites is 1. The zero-order chi connectivity index (χ0) is 17.9. The van der Waals surface area contributed by atoms with E-state index in [1.165, 1.54) is 6.07 Å². The van der Waals surface area contributed by atoms with Crippen LogP contribution in [0.2, 0.25) is 0 Å². The summed E-state index contributed by atoms with van der Waals surface area (Å²) >= 11 is 0. The maximum atomic E-state index is 13.8. The minimum atomic E-state index is -0.268. The lowest BCUT2D eigenvalue weighted by Gasteiger charge is -2.16. The Bertz CT molecular complexity index is 649. The molecule has 2 aromatic rings. The van der Waals surface area contributed by atoms with Gasteiger partial charge in [-0.3, -0.25) is 0 Å². The van der Waals surface area contributed by atoms with Crippen LogP contribution in [-0.4, -0.2) is 26.9 Å². The highest BCUT2D eigenvalue weighted by atomic mass is 19.1. The van der Waals surface area contributed by atoms with Crippen LogP contribution >= 0.6 is 0 Å². The fraction of sp³-hybridized carbons (Fsp3) is 0.400. The number of halogens is 1. The second-order valence-electron chi connectivity index (χ2n) is 5.58. The molecule has 0 aliphatic heterocycles. The molecule has 0 fully saturated rings. The van der Waals surface area contributed by atoms with Crippen LogP contribution in [-0.2, 0) is 17.9 Å². The number of ether oxygens (including phenoxy) is 3. The molecule has 0 spiro atoms. The van der Waals surface area contributed by atoms with Crippen molar-refractivity contribution in [2.75, 3.05) is 26.9 Å². The normalized spacial score (nSPS) is 10.7. The summed E-state index contributed by atoms with van der Waals surface area (Å²) in [6, 6.07) is 12.4. The van der Waals surface area contributed by atoms with Gasteiger partial charge in [-0.1, -0.05) is 30.3 Å². The maximum Gasteiger partial charge on any atom is 0.166 e. The molecule has 0 aliphatic rings. The molecule has 4 nitrogen and oxygen atoms in total. The van der Waals surface area contributed by atoms with Crippen molar-refractivity contribution < 1.29 is 18.6 Å². The molecule has 1 N–H and O–H groups in total. The van der Waals surface area contributed by atoms with E-state index in [2.05, 4.69) is 5.32 Å². The van der Waals surface area contributed by atoms with Crippen molar-refractivity contribution in [2.45, 2.75) is 26.5 Å². The summed E-state index contributed by atoms with van der Waals surface area (Å²) in [5, 5.41) is 3.37. The van der Waals surface area contributed by atoms with Gasteiger partial charge in [0.25, 0.3) is 0 Å². The first-order valence-corrected chi connectivity index (χ1v) is 8.56. The van der Waals surface area contributed by atoms with Crippen molar-refractivity contribution in [2.24, 2.45) is 0 Å². The zero-order valence-corrected chi connectivity index (χ0v) is 14.9. The van der Waals surface area contributed by atoms with Crippen molar-refractivity contribution in [1.82, 2.24) is 5.32 Å². The molecule has 0 bridgehead atoms. The van der Waals surface area contributed by atoms with Crippen LogP contribution in [0.25, 0.3) is 0 Å². The smallest absolute Gasteiger partial charge is 0.166 e. The first kappa shape index (κ1) is 19.2. The second kappa shape index (κ2) is 10.7. The minimum Gasteiger partial charge on any atom is -0.490 e. The molecule has 0 aromatic heterocycles. The Morgan fingerprint density at radius 3 is 2.56 bits per heavy atom. The standard InChI is InChI=1S/C20H26FNO3/c1-3-24-19-11-6-9-16(14-22-12-7-13-23-2)20(19)25-15-17-8-4-5-10-18(17)21/h4-6,8-11,22H,3,7,12-15H2,1-2H3. The third-order valence-electron chi connectivity index (χ3n) is 3.71. The third kappa shape index (κ3) is 6.03. The molecule has 0 atom stereocenters. The first-order chi connectivity index (χ1) is 12.3. The molecule has 0 heterocycles. The molecule has 25 heavy (non-hydrogen) atoms. The van der Waals surface area contributed by atoms with E-state index in [-0.39, 0.29) is 12.4 Å². The third-order valence-corrected chi connectivity index (χ3v) is 3.71. The summed E-state index contributed by atoms with van der Waals surface area (Å²) in [5.41, 5.74) is 1.51. The predicted molar refractivity (Wildman–Crippen MR) is 96.5 cm³/mol. The van der Waals surface area contributed by atoms with Crippen molar-refractivity contribution in [1.29, 1.82) is 0 Å². The predicted octanol–water partition coefficient (Wildman–Crippen LogP) is 3.93. The van der Waals surface area contributed by atoms with E-state index < -0.39 is 0 Å². The highest BCUT2D eigenvalue weighted by Gasteiger charge is 2.12.